The monoisotopic (exact) mass is 299 g/mol. The fourth-order valence-corrected chi connectivity index (χ4v) is 2.19. The van der Waals surface area contributed by atoms with Gasteiger partial charge in [0.15, 0.2) is 0 Å². The topological polar surface area (TPSA) is 35.2 Å². The Bertz CT molecular complexity index is 516. The molecule has 2 aromatic carbocycles. The lowest BCUT2D eigenvalue weighted by Crippen LogP contribution is -2.10. The number of hydrogen-bond donors (Lipinski definition) is 1. The molecule has 0 aliphatic carbocycles. The highest BCUT2D eigenvalue weighted by Gasteiger charge is 2.06. The molecule has 0 aliphatic heterocycles. The molecule has 16 heavy (non-hydrogen) atoms. The average Bonchev–Trinajstić information content (AvgIpc) is 2.28. The Labute approximate surface area is 107 Å². The first-order chi connectivity index (χ1) is 7.72. The minimum atomic E-state index is 0.474. The lowest BCUT2D eigenvalue weighted by molar-refractivity contribution is 0.329. The molecule has 0 heterocycles. The lowest BCUT2D eigenvalue weighted by Gasteiger charge is -2.09. The van der Waals surface area contributed by atoms with Crippen LogP contribution in [0.4, 0.5) is 0 Å². The van der Waals surface area contributed by atoms with Crippen LogP contribution < -0.4 is 10.5 Å². The van der Waals surface area contributed by atoms with Crippen molar-refractivity contribution in [2.24, 2.45) is 5.73 Å². The predicted octanol–water partition coefficient (Wildman–Crippen LogP) is 3.59. The third kappa shape index (κ3) is 2.32. The molecule has 0 amide bonds. The molecule has 0 radical (unpaired) electrons. The summed E-state index contributed by atoms with van der Waals surface area (Å²) in [6.07, 6.45) is 0. The van der Waals surface area contributed by atoms with Crippen LogP contribution in [0.15, 0.2) is 34.8 Å². The Hall–Kier alpha value is -0.770. The second kappa shape index (κ2) is 5.04. The van der Waals surface area contributed by atoms with Crippen molar-refractivity contribution < 1.29 is 4.74 Å². The van der Waals surface area contributed by atoms with Crippen molar-refractivity contribution in [3.05, 3.63) is 39.8 Å². The highest BCUT2D eigenvalue weighted by molar-refractivity contribution is 9.10. The molecule has 0 spiro atoms. The number of halogens is 2. The van der Waals surface area contributed by atoms with Gasteiger partial charge in [-0.05, 0) is 23.6 Å². The zero-order valence-electron chi connectivity index (χ0n) is 8.54. The van der Waals surface area contributed by atoms with E-state index in [1.54, 1.807) is 0 Å². The molecule has 0 aromatic heterocycles. The van der Waals surface area contributed by atoms with Gasteiger partial charge in [0.1, 0.15) is 12.4 Å². The van der Waals surface area contributed by atoms with E-state index in [2.05, 4.69) is 15.9 Å². The summed E-state index contributed by atoms with van der Waals surface area (Å²) in [5.41, 5.74) is 5.38. The van der Waals surface area contributed by atoms with E-state index in [1.807, 2.05) is 30.3 Å². The number of rotatable bonds is 3. The number of benzene rings is 2. The largest absolute Gasteiger partial charge is 0.491 e. The van der Waals surface area contributed by atoms with E-state index in [0.717, 1.165) is 15.2 Å². The Morgan fingerprint density at radius 3 is 2.81 bits per heavy atom. The van der Waals surface area contributed by atoms with Gasteiger partial charge in [-0.25, -0.2) is 0 Å². The summed E-state index contributed by atoms with van der Waals surface area (Å²) in [6, 6.07) is 9.80. The van der Waals surface area contributed by atoms with Gasteiger partial charge in [0.05, 0.1) is 5.02 Å². The molecule has 0 bridgehead atoms. The minimum Gasteiger partial charge on any atom is -0.491 e. The molecular formula is C12H11BrClNO. The van der Waals surface area contributed by atoms with Crippen molar-refractivity contribution in [2.45, 2.75) is 0 Å². The van der Waals surface area contributed by atoms with Gasteiger partial charge in [0.2, 0.25) is 0 Å². The SMILES string of the molecule is NCCOc1ccc2cc(Br)ccc2c1Cl. The maximum Gasteiger partial charge on any atom is 0.138 e. The predicted molar refractivity (Wildman–Crippen MR) is 71.2 cm³/mol. The third-order valence-electron chi connectivity index (χ3n) is 2.26. The normalized spacial score (nSPS) is 10.7. The van der Waals surface area contributed by atoms with E-state index in [4.69, 9.17) is 22.1 Å². The van der Waals surface area contributed by atoms with Crippen LogP contribution in [0.1, 0.15) is 0 Å². The van der Waals surface area contributed by atoms with Gasteiger partial charge in [-0.1, -0.05) is 39.7 Å². The summed E-state index contributed by atoms with van der Waals surface area (Å²) in [5.74, 6) is 0.682. The molecule has 2 N–H and O–H groups in total. The zero-order chi connectivity index (χ0) is 11.5. The highest BCUT2D eigenvalue weighted by Crippen LogP contribution is 2.33. The molecule has 0 saturated carbocycles. The van der Waals surface area contributed by atoms with Crippen molar-refractivity contribution in [3.63, 3.8) is 0 Å². The molecule has 2 rings (SSSR count). The Kier molecular flexibility index (Phi) is 3.69. The number of fused-ring (bicyclic) bond motifs is 1. The van der Waals surface area contributed by atoms with Gasteiger partial charge in [-0.3, -0.25) is 0 Å². The van der Waals surface area contributed by atoms with Crippen LogP contribution in [0.2, 0.25) is 5.02 Å². The van der Waals surface area contributed by atoms with Gasteiger partial charge >= 0.3 is 0 Å². The van der Waals surface area contributed by atoms with E-state index >= 15 is 0 Å². The molecule has 0 unspecified atom stereocenters. The van der Waals surface area contributed by atoms with Gasteiger partial charge < -0.3 is 10.5 Å². The first kappa shape index (κ1) is 11.7. The van der Waals surface area contributed by atoms with E-state index in [1.165, 1.54) is 0 Å². The number of hydrogen-bond acceptors (Lipinski definition) is 2. The van der Waals surface area contributed by atoms with E-state index < -0.39 is 0 Å². The summed E-state index contributed by atoms with van der Waals surface area (Å²) in [6.45, 7) is 0.955. The summed E-state index contributed by atoms with van der Waals surface area (Å²) in [7, 11) is 0. The van der Waals surface area contributed by atoms with Crippen molar-refractivity contribution >= 4 is 38.3 Å². The second-order valence-electron chi connectivity index (χ2n) is 3.38. The summed E-state index contributed by atoms with van der Waals surface area (Å²) in [5, 5.41) is 2.71. The van der Waals surface area contributed by atoms with E-state index in [0.29, 0.717) is 23.9 Å². The Balaban J connectivity index is 2.48. The molecule has 0 atom stereocenters. The number of nitrogens with two attached hydrogens (primary N) is 1. The number of ether oxygens (including phenoxy) is 1. The van der Waals surface area contributed by atoms with Crippen LogP contribution in [-0.2, 0) is 0 Å². The van der Waals surface area contributed by atoms with Gasteiger partial charge in [-0.2, -0.15) is 0 Å². The van der Waals surface area contributed by atoms with E-state index in [-0.39, 0.29) is 0 Å². The molecule has 84 valence electrons. The van der Waals surface area contributed by atoms with Crippen molar-refractivity contribution in [1.82, 2.24) is 0 Å². The molecule has 2 aromatic rings. The summed E-state index contributed by atoms with van der Waals surface area (Å²) in [4.78, 5) is 0. The molecule has 4 heteroatoms. The summed E-state index contributed by atoms with van der Waals surface area (Å²) >= 11 is 9.68. The minimum absolute atomic E-state index is 0.474. The molecular weight excluding hydrogens is 289 g/mol. The lowest BCUT2D eigenvalue weighted by atomic mass is 10.1. The maximum atomic E-state index is 6.25. The van der Waals surface area contributed by atoms with Gasteiger partial charge in [0, 0.05) is 16.4 Å². The van der Waals surface area contributed by atoms with Crippen LogP contribution in [-0.4, -0.2) is 13.2 Å². The van der Waals surface area contributed by atoms with Gasteiger partial charge in [0.25, 0.3) is 0 Å². The van der Waals surface area contributed by atoms with E-state index in [9.17, 15) is 0 Å². The average molecular weight is 301 g/mol. The summed E-state index contributed by atoms with van der Waals surface area (Å²) < 4.78 is 6.49. The maximum absolute atomic E-state index is 6.25. The molecule has 2 nitrogen and oxygen atoms in total. The third-order valence-corrected chi connectivity index (χ3v) is 3.14. The molecule has 0 saturated heterocycles. The molecule has 0 fully saturated rings. The Morgan fingerprint density at radius 1 is 1.25 bits per heavy atom. The first-order valence-electron chi connectivity index (χ1n) is 4.93. The molecule has 0 aliphatic rings. The quantitative estimate of drug-likeness (QED) is 0.940. The van der Waals surface area contributed by atoms with Crippen LogP contribution >= 0.6 is 27.5 Å². The standard InChI is InChI=1S/C12H11BrClNO/c13-9-2-3-10-8(7-9)1-4-11(12(10)14)16-6-5-15/h1-4,7H,5-6,15H2. The zero-order valence-corrected chi connectivity index (χ0v) is 10.9. The fourth-order valence-electron chi connectivity index (χ4n) is 1.52. The fraction of sp³-hybridized carbons (Fsp3) is 0.167. The second-order valence-corrected chi connectivity index (χ2v) is 4.67. The van der Waals surface area contributed by atoms with Crippen molar-refractivity contribution in [2.75, 3.05) is 13.2 Å². The van der Waals surface area contributed by atoms with Gasteiger partial charge in [-0.15, -0.1) is 0 Å². The van der Waals surface area contributed by atoms with Crippen LogP contribution in [0, 0.1) is 0 Å². The van der Waals surface area contributed by atoms with Crippen LogP contribution in [0.3, 0.4) is 0 Å². The van der Waals surface area contributed by atoms with Crippen LogP contribution in [0.5, 0.6) is 5.75 Å². The Morgan fingerprint density at radius 2 is 2.06 bits per heavy atom. The smallest absolute Gasteiger partial charge is 0.138 e. The van der Waals surface area contributed by atoms with Crippen molar-refractivity contribution in [3.8, 4) is 5.75 Å². The first-order valence-corrected chi connectivity index (χ1v) is 6.10. The highest BCUT2D eigenvalue weighted by atomic mass is 79.9. The van der Waals surface area contributed by atoms with Crippen molar-refractivity contribution in [1.29, 1.82) is 0 Å². The van der Waals surface area contributed by atoms with Crippen LogP contribution in [0.25, 0.3) is 10.8 Å².